The Morgan fingerprint density at radius 1 is 1.07 bits per heavy atom. The molecule has 4 rings (SSSR count). The maximum absolute atomic E-state index is 13.8. The summed E-state index contributed by atoms with van der Waals surface area (Å²) in [7, 11) is 1.48. The fraction of sp³-hybridized carbons (Fsp3) is 0.367. The van der Waals surface area contributed by atoms with Gasteiger partial charge in [-0.3, -0.25) is 9.88 Å². The molecule has 0 aliphatic carbocycles. The standard InChI is InChI=1S/C30H32F3N5O5S/c1-29(2,3)43-27(39)36-21(10-17-6-9-23(34-13-17)30(4,32)33)15-38(28(40)41)26-37-22(16-42-5)25(44-26)18-7-8-19-14-35-24(31)12-20(19)11-18/h6-9,11-14,21H,10,15-16H2,1-5H3,(H,36,39)(H,40,41)/t21-/m0/s1. The number of nitrogens with zero attached hydrogens (tertiary/aromatic N) is 4. The van der Waals surface area contributed by atoms with Crippen LogP contribution in [0.4, 0.5) is 27.9 Å². The van der Waals surface area contributed by atoms with Crippen molar-refractivity contribution in [2.45, 2.75) is 58.3 Å². The summed E-state index contributed by atoms with van der Waals surface area (Å²) in [5, 5.41) is 14.4. The normalized spacial score (nSPS) is 12.6. The Labute approximate surface area is 255 Å². The van der Waals surface area contributed by atoms with Gasteiger partial charge < -0.3 is 19.9 Å². The van der Waals surface area contributed by atoms with Crippen LogP contribution in [0.1, 0.15) is 44.6 Å². The fourth-order valence-corrected chi connectivity index (χ4v) is 5.42. The van der Waals surface area contributed by atoms with Crippen LogP contribution in [0.3, 0.4) is 0 Å². The van der Waals surface area contributed by atoms with Crippen LogP contribution in [0.15, 0.2) is 48.8 Å². The van der Waals surface area contributed by atoms with E-state index in [1.807, 2.05) is 0 Å². The molecular formula is C30H32F3N5O5S. The van der Waals surface area contributed by atoms with E-state index in [0.29, 0.717) is 27.1 Å². The Hall–Kier alpha value is -4.30. The summed E-state index contributed by atoms with van der Waals surface area (Å²) in [5.41, 5.74) is 0.381. The lowest BCUT2D eigenvalue weighted by Gasteiger charge is -2.26. The number of fused-ring (bicyclic) bond motifs is 1. The summed E-state index contributed by atoms with van der Waals surface area (Å²) in [6.45, 7) is 5.61. The number of hydrogen-bond donors (Lipinski definition) is 2. The Bertz CT molecular complexity index is 1640. The van der Waals surface area contributed by atoms with Gasteiger partial charge in [0.25, 0.3) is 5.92 Å². The highest BCUT2D eigenvalue weighted by Gasteiger charge is 2.29. The van der Waals surface area contributed by atoms with Crippen LogP contribution in [-0.2, 0) is 28.4 Å². The van der Waals surface area contributed by atoms with Crippen molar-refractivity contribution in [1.82, 2.24) is 20.3 Å². The zero-order chi connectivity index (χ0) is 32.2. The summed E-state index contributed by atoms with van der Waals surface area (Å²) in [4.78, 5) is 38.9. The summed E-state index contributed by atoms with van der Waals surface area (Å²) < 4.78 is 51.9. The van der Waals surface area contributed by atoms with E-state index in [9.17, 15) is 27.9 Å². The maximum atomic E-state index is 13.8. The van der Waals surface area contributed by atoms with Crippen LogP contribution in [0.25, 0.3) is 21.2 Å². The second kappa shape index (κ2) is 13.1. The second-order valence-corrected chi connectivity index (χ2v) is 12.1. The number of carbonyl (C=O) groups is 2. The van der Waals surface area contributed by atoms with Gasteiger partial charge in [0.05, 0.1) is 29.8 Å². The molecule has 0 unspecified atom stereocenters. The first-order chi connectivity index (χ1) is 20.6. The van der Waals surface area contributed by atoms with E-state index < -0.39 is 41.4 Å². The van der Waals surface area contributed by atoms with Crippen LogP contribution in [-0.4, -0.2) is 57.5 Å². The van der Waals surface area contributed by atoms with E-state index in [-0.39, 0.29) is 24.7 Å². The van der Waals surface area contributed by atoms with Crippen molar-refractivity contribution < 1.29 is 37.3 Å². The molecule has 3 heterocycles. The van der Waals surface area contributed by atoms with Gasteiger partial charge in [0.1, 0.15) is 11.3 Å². The number of alkyl carbamates (subject to hydrolysis) is 1. The van der Waals surface area contributed by atoms with Crippen LogP contribution in [0.2, 0.25) is 0 Å². The quantitative estimate of drug-likeness (QED) is 0.184. The molecule has 14 heteroatoms. The molecule has 0 aliphatic rings. The van der Waals surface area contributed by atoms with Crippen LogP contribution in [0.5, 0.6) is 0 Å². The van der Waals surface area contributed by atoms with Gasteiger partial charge in [-0.1, -0.05) is 29.5 Å². The average Bonchev–Trinajstić information content (AvgIpc) is 3.33. The van der Waals surface area contributed by atoms with E-state index in [1.165, 1.54) is 37.7 Å². The number of carbonyl (C=O) groups excluding carboxylic acids is 1. The van der Waals surface area contributed by atoms with Crippen molar-refractivity contribution in [1.29, 1.82) is 0 Å². The van der Waals surface area contributed by atoms with E-state index >= 15 is 0 Å². The summed E-state index contributed by atoms with van der Waals surface area (Å²) in [5.74, 6) is -3.77. The van der Waals surface area contributed by atoms with E-state index in [1.54, 1.807) is 39.0 Å². The Kier molecular flexibility index (Phi) is 9.74. The number of aromatic nitrogens is 3. The van der Waals surface area contributed by atoms with Crippen molar-refractivity contribution in [3.63, 3.8) is 0 Å². The molecule has 2 N–H and O–H groups in total. The van der Waals surface area contributed by atoms with Gasteiger partial charge in [-0.2, -0.15) is 13.2 Å². The number of amides is 2. The minimum atomic E-state index is -3.13. The molecule has 234 valence electrons. The van der Waals surface area contributed by atoms with Crippen LogP contribution in [0, 0.1) is 5.95 Å². The number of ether oxygens (including phenoxy) is 2. The van der Waals surface area contributed by atoms with Gasteiger partial charge >= 0.3 is 12.2 Å². The first-order valence-corrected chi connectivity index (χ1v) is 14.3. The van der Waals surface area contributed by atoms with Gasteiger partial charge in [0.2, 0.25) is 5.95 Å². The molecule has 0 saturated carbocycles. The third-order valence-corrected chi connectivity index (χ3v) is 7.43. The maximum Gasteiger partial charge on any atom is 0.413 e. The van der Waals surface area contributed by atoms with Gasteiger partial charge in [-0.05, 0) is 55.8 Å². The van der Waals surface area contributed by atoms with Gasteiger partial charge in [0, 0.05) is 37.9 Å². The number of nitrogens with one attached hydrogen (secondary N) is 1. The smallest absolute Gasteiger partial charge is 0.413 e. The van der Waals surface area contributed by atoms with E-state index in [2.05, 4.69) is 20.3 Å². The Balaban J connectivity index is 1.68. The monoisotopic (exact) mass is 631 g/mol. The van der Waals surface area contributed by atoms with Crippen molar-refractivity contribution >= 4 is 39.4 Å². The first kappa shape index (κ1) is 32.6. The van der Waals surface area contributed by atoms with Gasteiger partial charge in [-0.15, -0.1) is 0 Å². The number of hydrogen-bond acceptors (Lipinski definition) is 8. The van der Waals surface area contributed by atoms with Crippen molar-refractivity contribution in [3.8, 4) is 10.4 Å². The lowest BCUT2D eigenvalue weighted by atomic mass is 10.1. The van der Waals surface area contributed by atoms with Gasteiger partial charge in [0.15, 0.2) is 5.13 Å². The Morgan fingerprint density at radius 3 is 2.43 bits per heavy atom. The first-order valence-electron chi connectivity index (χ1n) is 13.5. The molecule has 0 spiro atoms. The molecule has 1 aromatic carbocycles. The molecule has 44 heavy (non-hydrogen) atoms. The molecule has 4 aromatic rings. The number of carboxylic acid groups (broad SMARTS) is 1. The molecule has 2 amide bonds. The number of halogens is 3. The predicted octanol–water partition coefficient (Wildman–Crippen LogP) is 6.77. The lowest BCUT2D eigenvalue weighted by molar-refractivity contribution is 0.0127. The lowest BCUT2D eigenvalue weighted by Crippen LogP contribution is -2.48. The molecule has 0 radical (unpaired) electrons. The molecule has 3 aromatic heterocycles. The predicted molar refractivity (Wildman–Crippen MR) is 160 cm³/mol. The minimum absolute atomic E-state index is 0.0546. The number of benzene rings is 1. The van der Waals surface area contributed by atoms with E-state index in [4.69, 9.17) is 9.47 Å². The Morgan fingerprint density at radius 2 is 1.82 bits per heavy atom. The van der Waals surface area contributed by atoms with Gasteiger partial charge in [-0.25, -0.2) is 19.6 Å². The zero-order valence-electron chi connectivity index (χ0n) is 24.7. The van der Waals surface area contributed by atoms with Crippen LogP contribution >= 0.6 is 11.3 Å². The largest absolute Gasteiger partial charge is 0.465 e. The van der Waals surface area contributed by atoms with Crippen molar-refractivity contribution in [2.75, 3.05) is 18.6 Å². The van der Waals surface area contributed by atoms with Crippen molar-refractivity contribution in [2.24, 2.45) is 0 Å². The number of rotatable bonds is 10. The summed E-state index contributed by atoms with van der Waals surface area (Å²) >= 11 is 1.09. The third-order valence-electron chi connectivity index (χ3n) is 6.26. The van der Waals surface area contributed by atoms with Crippen LogP contribution < -0.4 is 10.2 Å². The number of pyridine rings is 2. The third kappa shape index (κ3) is 8.41. The molecular weight excluding hydrogens is 599 g/mol. The number of methoxy groups -OCH3 is 1. The summed E-state index contributed by atoms with van der Waals surface area (Å²) in [6.07, 6.45) is 0.617. The number of alkyl halides is 2. The van der Waals surface area contributed by atoms with E-state index in [0.717, 1.165) is 28.5 Å². The minimum Gasteiger partial charge on any atom is -0.465 e. The fourth-order valence-electron chi connectivity index (χ4n) is 4.35. The topological polar surface area (TPSA) is 127 Å². The van der Waals surface area contributed by atoms with Crippen molar-refractivity contribution in [3.05, 3.63) is 71.7 Å². The highest BCUT2D eigenvalue weighted by molar-refractivity contribution is 7.19. The molecule has 1 atom stereocenters. The molecule has 0 aliphatic heterocycles. The highest BCUT2D eigenvalue weighted by atomic mass is 32.1. The zero-order valence-corrected chi connectivity index (χ0v) is 25.5. The number of anilines is 1. The average molecular weight is 632 g/mol. The molecule has 0 saturated heterocycles. The molecule has 0 bridgehead atoms. The molecule has 10 nitrogen and oxygen atoms in total. The SMILES string of the molecule is COCc1nc(N(C[C@H](Cc2ccc(C(C)(F)F)nc2)NC(=O)OC(C)(C)C)C(=O)O)sc1-c1ccc2cnc(F)cc2c1. The molecule has 0 fully saturated rings. The highest BCUT2D eigenvalue weighted by Crippen LogP contribution is 2.37. The number of thiazole rings is 1. The summed E-state index contributed by atoms with van der Waals surface area (Å²) in [6, 6.07) is 8.41. The second-order valence-electron chi connectivity index (χ2n) is 11.2.